The number of halogens is 2. The van der Waals surface area contributed by atoms with E-state index in [-0.39, 0.29) is 17.4 Å². The van der Waals surface area contributed by atoms with E-state index >= 15 is 0 Å². The Morgan fingerprint density at radius 2 is 2.00 bits per heavy atom. The largest absolute Gasteiger partial charge is 0.493 e. The number of carboxylic acid groups (broad SMARTS) is 1. The Balaban J connectivity index is 2.78. The lowest BCUT2D eigenvalue weighted by atomic mass is 10.1. The van der Waals surface area contributed by atoms with Gasteiger partial charge in [-0.15, -0.1) is 11.8 Å². The quantitative estimate of drug-likeness (QED) is 0.792. The summed E-state index contributed by atoms with van der Waals surface area (Å²) in [5.74, 6) is -0.263. The fourth-order valence-corrected chi connectivity index (χ4v) is 2.81. The summed E-state index contributed by atoms with van der Waals surface area (Å²) in [6, 6.07) is 4.59. The minimum absolute atomic E-state index is 0.00386. The van der Waals surface area contributed by atoms with Gasteiger partial charge in [0.1, 0.15) is 5.25 Å². The van der Waals surface area contributed by atoms with Crippen molar-refractivity contribution in [2.75, 3.05) is 7.11 Å². The van der Waals surface area contributed by atoms with Gasteiger partial charge in [0.2, 0.25) is 0 Å². The molecule has 1 atom stereocenters. The van der Waals surface area contributed by atoms with E-state index < -0.39 is 17.8 Å². The Kier molecular flexibility index (Phi) is 6.74. The smallest absolute Gasteiger partial charge is 0.387 e. The molecule has 0 spiro atoms. The van der Waals surface area contributed by atoms with E-state index in [2.05, 4.69) is 4.74 Å². The van der Waals surface area contributed by atoms with Gasteiger partial charge in [-0.3, -0.25) is 4.79 Å². The van der Waals surface area contributed by atoms with Crippen LogP contribution in [-0.2, 0) is 10.5 Å². The molecule has 0 heterocycles. The summed E-state index contributed by atoms with van der Waals surface area (Å²) in [4.78, 5) is 11.1. The molecule has 0 fully saturated rings. The monoisotopic (exact) mass is 320 g/mol. The van der Waals surface area contributed by atoms with Crippen LogP contribution in [0.3, 0.4) is 0 Å². The summed E-state index contributed by atoms with van der Waals surface area (Å²) in [7, 11) is 1.36. The van der Waals surface area contributed by atoms with E-state index in [4.69, 9.17) is 9.84 Å². The highest BCUT2D eigenvalue weighted by Crippen LogP contribution is 2.32. The number of methoxy groups -OCH3 is 1. The predicted octanol–water partition coefficient (Wildman–Crippen LogP) is 3.64. The summed E-state index contributed by atoms with van der Waals surface area (Å²) in [6.07, 6.45) is 0. The summed E-state index contributed by atoms with van der Waals surface area (Å²) >= 11 is 1.29. The molecule has 1 unspecified atom stereocenters. The van der Waals surface area contributed by atoms with Crippen molar-refractivity contribution in [1.82, 2.24) is 0 Å². The van der Waals surface area contributed by atoms with Gasteiger partial charge < -0.3 is 14.6 Å². The lowest BCUT2D eigenvalue weighted by Crippen LogP contribution is -2.22. The van der Waals surface area contributed by atoms with Gasteiger partial charge in [0.15, 0.2) is 11.5 Å². The lowest BCUT2D eigenvalue weighted by Gasteiger charge is -2.16. The standard InChI is InChI=1S/C14H18F2O4S/c1-8(2)12(13(17)18)21-7-9-4-5-10(20-14(15)16)11(6-9)19-3/h4-6,8,12,14H,7H2,1-3H3,(H,17,18). The summed E-state index contributed by atoms with van der Waals surface area (Å²) in [5, 5.41) is 8.60. The number of hydrogen-bond donors (Lipinski definition) is 1. The maximum absolute atomic E-state index is 12.2. The number of rotatable bonds is 8. The summed E-state index contributed by atoms with van der Waals surface area (Å²) < 4.78 is 33.8. The van der Waals surface area contributed by atoms with Crippen molar-refractivity contribution in [2.45, 2.75) is 31.5 Å². The van der Waals surface area contributed by atoms with Gasteiger partial charge in [-0.1, -0.05) is 19.9 Å². The zero-order chi connectivity index (χ0) is 16.0. The van der Waals surface area contributed by atoms with Gasteiger partial charge >= 0.3 is 12.6 Å². The van der Waals surface area contributed by atoms with Crippen LogP contribution in [0.4, 0.5) is 8.78 Å². The Morgan fingerprint density at radius 3 is 2.48 bits per heavy atom. The van der Waals surface area contributed by atoms with Gasteiger partial charge in [0, 0.05) is 5.75 Å². The third kappa shape index (κ3) is 5.41. The molecule has 0 saturated heterocycles. The molecule has 7 heteroatoms. The van der Waals surface area contributed by atoms with E-state index in [1.807, 2.05) is 13.8 Å². The van der Waals surface area contributed by atoms with Crippen LogP contribution >= 0.6 is 11.8 Å². The number of ether oxygens (including phenoxy) is 2. The van der Waals surface area contributed by atoms with Crippen molar-refractivity contribution in [3.05, 3.63) is 23.8 Å². The lowest BCUT2D eigenvalue weighted by molar-refractivity contribution is -0.137. The first-order valence-electron chi connectivity index (χ1n) is 6.31. The molecule has 0 bridgehead atoms. The molecule has 0 radical (unpaired) electrons. The SMILES string of the molecule is COc1cc(CSC(C(=O)O)C(C)C)ccc1OC(F)F. The highest BCUT2D eigenvalue weighted by Gasteiger charge is 2.22. The molecule has 1 N–H and O–H groups in total. The van der Waals surface area contributed by atoms with Gasteiger partial charge in [0.25, 0.3) is 0 Å². The summed E-state index contributed by atoms with van der Waals surface area (Å²) in [5.41, 5.74) is 0.783. The number of alkyl halides is 2. The zero-order valence-corrected chi connectivity index (χ0v) is 12.8. The molecule has 0 aliphatic heterocycles. The van der Waals surface area contributed by atoms with Crippen LogP contribution in [0.15, 0.2) is 18.2 Å². The molecule has 1 rings (SSSR count). The van der Waals surface area contributed by atoms with Crippen LogP contribution in [0, 0.1) is 5.92 Å². The first kappa shape index (κ1) is 17.6. The van der Waals surface area contributed by atoms with Crippen LogP contribution in [0.2, 0.25) is 0 Å². The number of benzene rings is 1. The second-order valence-corrected chi connectivity index (χ2v) is 5.81. The van der Waals surface area contributed by atoms with E-state index in [0.29, 0.717) is 5.75 Å². The number of aliphatic carboxylic acids is 1. The second kappa shape index (κ2) is 8.07. The Morgan fingerprint density at radius 1 is 1.33 bits per heavy atom. The van der Waals surface area contributed by atoms with E-state index in [1.54, 1.807) is 12.1 Å². The van der Waals surface area contributed by atoms with Crippen molar-refractivity contribution >= 4 is 17.7 Å². The van der Waals surface area contributed by atoms with Crippen LogP contribution in [-0.4, -0.2) is 30.0 Å². The van der Waals surface area contributed by atoms with Crippen LogP contribution in [0.5, 0.6) is 11.5 Å². The fraction of sp³-hybridized carbons (Fsp3) is 0.500. The Bertz CT molecular complexity index is 480. The average molecular weight is 320 g/mol. The van der Waals surface area contributed by atoms with Crippen molar-refractivity contribution in [2.24, 2.45) is 5.92 Å². The van der Waals surface area contributed by atoms with E-state index in [1.165, 1.54) is 24.9 Å². The molecule has 118 valence electrons. The number of carboxylic acids is 1. The van der Waals surface area contributed by atoms with E-state index in [9.17, 15) is 13.6 Å². The predicted molar refractivity (Wildman–Crippen MR) is 77.2 cm³/mol. The maximum Gasteiger partial charge on any atom is 0.387 e. The Labute approximate surface area is 126 Å². The number of thioether (sulfide) groups is 1. The molecule has 1 aromatic rings. The zero-order valence-electron chi connectivity index (χ0n) is 12.0. The molecule has 0 aliphatic carbocycles. The van der Waals surface area contributed by atoms with Crippen LogP contribution in [0.1, 0.15) is 19.4 Å². The van der Waals surface area contributed by atoms with Crippen molar-refractivity contribution < 1.29 is 28.2 Å². The normalized spacial score (nSPS) is 12.5. The highest BCUT2D eigenvalue weighted by molar-refractivity contribution is 7.99. The number of hydrogen-bond acceptors (Lipinski definition) is 4. The Hall–Kier alpha value is -1.50. The molecule has 1 aromatic carbocycles. The first-order valence-corrected chi connectivity index (χ1v) is 7.36. The molecule has 0 saturated carbocycles. The molecule has 4 nitrogen and oxygen atoms in total. The third-order valence-electron chi connectivity index (χ3n) is 2.72. The molecular weight excluding hydrogens is 302 g/mol. The average Bonchev–Trinajstić information content (AvgIpc) is 2.38. The number of carbonyl (C=O) groups is 1. The van der Waals surface area contributed by atoms with Crippen molar-refractivity contribution in [1.29, 1.82) is 0 Å². The van der Waals surface area contributed by atoms with Crippen molar-refractivity contribution in [3.8, 4) is 11.5 Å². The summed E-state index contributed by atoms with van der Waals surface area (Å²) in [6.45, 7) is 0.759. The molecule has 0 amide bonds. The van der Waals surface area contributed by atoms with Crippen LogP contribution < -0.4 is 9.47 Å². The van der Waals surface area contributed by atoms with Gasteiger partial charge in [-0.2, -0.15) is 8.78 Å². The fourth-order valence-electron chi connectivity index (χ4n) is 1.73. The second-order valence-electron chi connectivity index (χ2n) is 4.68. The van der Waals surface area contributed by atoms with Crippen molar-refractivity contribution in [3.63, 3.8) is 0 Å². The topological polar surface area (TPSA) is 55.8 Å². The minimum atomic E-state index is -2.92. The highest BCUT2D eigenvalue weighted by atomic mass is 32.2. The molecule has 0 aromatic heterocycles. The van der Waals surface area contributed by atoms with E-state index in [0.717, 1.165) is 5.56 Å². The molecule has 0 aliphatic rings. The molecule has 21 heavy (non-hydrogen) atoms. The minimum Gasteiger partial charge on any atom is -0.493 e. The van der Waals surface area contributed by atoms with Gasteiger partial charge in [-0.25, -0.2) is 0 Å². The van der Waals surface area contributed by atoms with Gasteiger partial charge in [0.05, 0.1) is 7.11 Å². The molecular formula is C14H18F2O4S. The van der Waals surface area contributed by atoms with Crippen LogP contribution in [0.25, 0.3) is 0 Å². The third-order valence-corrected chi connectivity index (χ3v) is 4.33. The maximum atomic E-state index is 12.2. The van der Waals surface area contributed by atoms with Gasteiger partial charge in [-0.05, 0) is 23.6 Å². The first-order chi connectivity index (χ1) is 9.85.